The number of hydrogen-bond acceptors (Lipinski definition) is 4. The van der Waals surface area contributed by atoms with Gasteiger partial charge in [0, 0.05) is 23.7 Å². The molecule has 0 N–H and O–H groups in total. The highest BCUT2D eigenvalue weighted by Gasteiger charge is 2.33. The van der Waals surface area contributed by atoms with Gasteiger partial charge in [-0.15, -0.1) is 5.10 Å². The van der Waals surface area contributed by atoms with Gasteiger partial charge in [0.15, 0.2) is 0 Å². The molecular weight excluding hydrogens is 384 g/mol. The summed E-state index contributed by atoms with van der Waals surface area (Å²) in [7, 11) is -3.40. The number of sulfonamides is 1. The van der Waals surface area contributed by atoms with E-state index in [1.54, 1.807) is 28.9 Å². The van der Waals surface area contributed by atoms with Crippen LogP contribution in [0, 0.1) is 0 Å². The SMILES string of the molecule is O=S(=O)(Cc1cccc(Cl)c1)N1CC[C@@H](n2cc(-c3ccccc3)nn2)C1. The largest absolute Gasteiger partial charge is 0.247 e. The second-order valence-corrected chi connectivity index (χ2v) is 9.04. The molecule has 1 saturated heterocycles. The van der Waals surface area contributed by atoms with Gasteiger partial charge in [-0.05, 0) is 24.1 Å². The summed E-state index contributed by atoms with van der Waals surface area (Å²) >= 11 is 5.96. The Labute approximate surface area is 163 Å². The molecule has 1 aromatic heterocycles. The summed E-state index contributed by atoms with van der Waals surface area (Å²) in [5, 5.41) is 8.98. The first kappa shape index (κ1) is 18.2. The van der Waals surface area contributed by atoms with Crippen LogP contribution in [0.1, 0.15) is 18.0 Å². The van der Waals surface area contributed by atoms with Crippen LogP contribution in [0.15, 0.2) is 60.8 Å². The van der Waals surface area contributed by atoms with Crippen LogP contribution < -0.4 is 0 Å². The number of rotatable bonds is 5. The van der Waals surface area contributed by atoms with Gasteiger partial charge in [0.05, 0.1) is 18.0 Å². The maximum absolute atomic E-state index is 12.8. The molecule has 0 bridgehead atoms. The highest BCUT2D eigenvalue weighted by atomic mass is 35.5. The van der Waals surface area contributed by atoms with Crippen LogP contribution in [0.2, 0.25) is 5.02 Å². The molecule has 0 saturated carbocycles. The lowest BCUT2D eigenvalue weighted by atomic mass is 10.2. The van der Waals surface area contributed by atoms with E-state index in [0.29, 0.717) is 30.1 Å². The molecule has 8 heteroatoms. The van der Waals surface area contributed by atoms with E-state index >= 15 is 0 Å². The first-order valence-corrected chi connectivity index (χ1v) is 10.7. The van der Waals surface area contributed by atoms with E-state index in [1.165, 1.54) is 4.31 Å². The minimum absolute atomic E-state index is 0.0101. The Kier molecular flexibility index (Phi) is 4.99. The molecular formula is C19H19ClN4O2S. The Morgan fingerprint density at radius 2 is 1.93 bits per heavy atom. The molecule has 2 heterocycles. The lowest BCUT2D eigenvalue weighted by Crippen LogP contribution is -2.30. The zero-order valence-electron chi connectivity index (χ0n) is 14.6. The minimum Gasteiger partial charge on any atom is -0.247 e. The monoisotopic (exact) mass is 402 g/mol. The lowest BCUT2D eigenvalue weighted by Gasteiger charge is -2.16. The number of halogens is 1. The Hall–Kier alpha value is -2.22. The van der Waals surface area contributed by atoms with Crippen molar-refractivity contribution in [3.05, 3.63) is 71.4 Å². The summed E-state index contributed by atoms with van der Waals surface area (Å²) < 4.78 is 28.8. The maximum atomic E-state index is 12.8. The van der Waals surface area contributed by atoms with Gasteiger partial charge in [-0.3, -0.25) is 0 Å². The van der Waals surface area contributed by atoms with Crippen LogP contribution in [-0.4, -0.2) is 40.8 Å². The van der Waals surface area contributed by atoms with Crippen molar-refractivity contribution < 1.29 is 8.42 Å². The van der Waals surface area contributed by atoms with Gasteiger partial charge in [-0.25, -0.2) is 13.1 Å². The number of hydrogen-bond donors (Lipinski definition) is 0. The first-order chi connectivity index (χ1) is 13.0. The van der Waals surface area contributed by atoms with Gasteiger partial charge in [-0.2, -0.15) is 4.31 Å². The quantitative estimate of drug-likeness (QED) is 0.656. The summed E-state index contributed by atoms with van der Waals surface area (Å²) in [6, 6.07) is 16.8. The molecule has 0 amide bonds. The van der Waals surface area contributed by atoms with E-state index in [1.807, 2.05) is 36.5 Å². The molecule has 2 aromatic carbocycles. The summed E-state index contributed by atoms with van der Waals surface area (Å²) in [4.78, 5) is 0. The van der Waals surface area contributed by atoms with Crippen molar-refractivity contribution >= 4 is 21.6 Å². The summed E-state index contributed by atoms with van der Waals surface area (Å²) in [5.41, 5.74) is 2.47. The molecule has 4 rings (SSSR count). The molecule has 0 unspecified atom stereocenters. The third-order valence-corrected chi connectivity index (χ3v) is 6.76. The van der Waals surface area contributed by atoms with Crippen LogP contribution in [0.5, 0.6) is 0 Å². The van der Waals surface area contributed by atoms with E-state index in [4.69, 9.17) is 11.6 Å². The summed E-state index contributed by atoms with van der Waals surface area (Å²) in [6.07, 6.45) is 2.60. The molecule has 3 aromatic rings. The van der Waals surface area contributed by atoms with Gasteiger partial charge in [0.1, 0.15) is 5.69 Å². The van der Waals surface area contributed by atoms with Crippen molar-refractivity contribution in [3.8, 4) is 11.3 Å². The van der Waals surface area contributed by atoms with Crippen molar-refractivity contribution in [2.75, 3.05) is 13.1 Å². The van der Waals surface area contributed by atoms with Crippen LogP contribution >= 0.6 is 11.6 Å². The fourth-order valence-corrected chi connectivity index (χ4v) is 5.08. The zero-order valence-corrected chi connectivity index (χ0v) is 16.1. The van der Waals surface area contributed by atoms with E-state index in [0.717, 1.165) is 11.3 Å². The van der Waals surface area contributed by atoms with Crippen molar-refractivity contribution in [2.45, 2.75) is 18.2 Å². The first-order valence-electron chi connectivity index (χ1n) is 8.71. The Balaban J connectivity index is 1.46. The molecule has 1 fully saturated rings. The van der Waals surface area contributed by atoms with Gasteiger partial charge in [0.2, 0.25) is 10.0 Å². The molecule has 0 radical (unpaired) electrons. The second-order valence-electron chi connectivity index (χ2n) is 6.64. The normalized spacial score (nSPS) is 18.0. The van der Waals surface area contributed by atoms with Gasteiger partial charge >= 0.3 is 0 Å². The number of benzene rings is 2. The average molecular weight is 403 g/mol. The van der Waals surface area contributed by atoms with Crippen LogP contribution in [-0.2, 0) is 15.8 Å². The molecule has 1 atom stereocenters. The molecule has 27 heavy (non-hydrogen) atoms. The minimum atomic E-state index is -3.40. The predicted octanol–water partition coefficient (Wildman–Crippen LogP) is 3.38. The van der Waals surface area contributed by atoms with Crippen molar-refractivity contribution in [2.24, 2.45) is 0 Å². The number of nitrogens with zero attached hydrogens (tertiary/aromatic N) is 4. The highest BCUT2D eigenvalue weighted by molar-refractivity contribution is 7.88. The smallest absolute Gasteiger partial charge is 0.218 e. The van der Waals surface area contributed by atoms with Crippen molar-refractivity contribution in [3.63, 3.8) is 0 Å². The second kappa shape index (κ2) is 7.42. The van der Waals surface area contributed by atoms with E-state index in [9.17, 15) is 8.42 Å². The van der Waals surface area contributed by atoms with Crippen molar-refractivity contribution in [1.29, 1.82) is 0 Å². The fraction of sp³-hybridized carbons (Fsp3) is 0.263. The summed E-state index contributed by atoms with van der Waals surface area (Å²) in [6.45, 7) is 0.884. The van der Waals surface area contributed by atoms with E-state index in [-0.39, 0.29) is 11.8 Å². The van der Waals surface area contributed by atoms with Crippen LogP contribution in [0.3, 0.4) is 0 Å². The third kappa shape index (κ3) is 4.05. The Morgan fingerprint density at radius 1 is 1.11 bits per heavy atom. The van der Waals surface area contributed by atoms with E-state index < -0.39 is 10.0 Å². The van der Waals surface area contributed by atoms with Crippen molar-refractivity contribution in [1.82, 2.24) is 19.3 Å². The maximum Gasteiger partial charge on any atom is 0.218 e. The molecule has 0 aliphatic carbocycles. The fourth-order valence-electron chi connectivity index (χ4n) is 3.30. The standard InChI is InChI=1S/C19H19ClN4O2S/c20-17-8-4-5-15(11-17)14-27(25,26)23-10-9-18(12-23)24-13-19(21-22-24)16-6-2-1-3-7-16/h1-8,11,13,18H,9-10,12,14H2/t18-/m1/s1. The molecule has 0 spiro atoms. The Morgan fingerprint density at radius 3 is 2.70 bits per heavy atom. The lowest BCUT2D eigenvalue weighted by molar-refractivity contribution is 0.428. The third-order valence-electron chi connectivity index (χ3n) is 4.71. The summed E-state index contributed by atoms with van der Waals surface area (Å²) in [5.74, 6) is -0.0487. The van der Waals surface area contributed by atoms with Gasteiger partial charge in [-0.1, -0.05) is 59.3 Å². The molecule has 140 valence electrons. The topological polar surface area (TPSA) is 68.1 Å². The molecule has 1 aliphatic rings. The predicted molar refractivity (Wildman–Crippen MR) is 105 cm³/mol. The number of aromatic nitrogens is 3. The zero-order chi connectivity index (χ0) is 18.9. The van der Waals surface area contributed by atoms with Gasteiger partial charge in [0.25, 0.3) is 0 Å². The molecule has 6 nitrogen and oxygen atoms in total. The average Bonchev–Trinajstić information content (AvgIpc) is 3.32. The van der Waals surface area contributed by atoms with Crippen LogP contribution in [0.25, 0.3) is 11.3 Å². The Bertz CT molecular complexity index is 1040. The van der Waals surface area contributed by atoms with Crippen LogP contribution in [0.4, 0.5) is 0 Å². The van der Waals surface area contributed by atoms with Gasteiger partial charge < -0.3 is 0 Å². The van der Waals surface area contributed by atoms with E-state index in [2.05, 4.69) is 10.3 Å². The highest BCUT2D eigenvalue weighted by Crippen LogP contribution is 2.27. The molecule has 1 aliphatic heterocycles.